The molecule has 116 valence electrons. The predicted octanol–water partition coefficient (Wildman–Crippen LogP) is 4.20. The maximum atomic E-state index is 13.2. The van der Waals surface area contributed by atoms with E-state index in [1.165, 1.54) is 0 Å². The van der Waals surface area contributed by atoms with Crippen molar-refractivity contribution in [2.24, 2.45) is 5.92 Å². The standard InChI is InChI=1S/C14H32NO2PS/c1-9-18(16,10-2)14(8,11-12(3)4)15-19(17)13(5,6)7/h12,15H,9-11H2,1-8H3/t14-,19-/m0/s1. The van der Waals surface area contributed by atoms with Crippen LogP contribution in [0, 0.1) is 5.92 Å². The van der Waals surface area contributed by atoms with E-state index < -0.39 is 23.4 Å². The van der Waals surface area contributed by atoms with E-state index in [-0.39, 0.29) is 4.75 Å². The third-order valence-corrected chi connectivity index (χ3v) is 9.63. The van der Waals surface area contributed by atoms with Crippen LogP contribution in [0.4, 0.5) is 0 Å². The quantitative estimate of drug-likeness (QED) is 0.716. The summed E-state index contributed by atoms with van der Waals surface area (Å²) in [5.74, 6) is 0.417. The fourth-order valence-corrected chi connectivity index (χ4v) is 6.60. The third-order valence-electron chi connectivity index (χ3n) is 3.60. The van der Waals surface area contributed by atoms with Gasteiger partial charge in [0, 0.05) is 0 Å². The zero-order valence-electron chi connectivity index (χ0n) is 13.9. The molecule has 2 atom stereocenters. The molecule has 0 aromatic rings. The summed E-state index contributed by atoms with van der Waals surface area (Å²) in [5.41, 5.74) is 0. The Hall–Kier alpha value is 0.340. The van der Waals surface area contributed by atoms with E-state index in [2.05, 4.69) is 18.6 Å². The second-order valence-electron chi connectivity index (χ2n) is 6.88. The van der Waals surface area contributed by atoms with Gasteiger partial charge in [0.25, 0.3) is 0 Å². The summed E-state index contributed by atoms with van der Waals surface area (Å²) >= 11 is 0. The van der Waals surface area contributed by atoms with Crippen molar-refractivity contribution in [3.05, 3.63) is 0 Å². The second kappa shape index (κ2) is 6.87. The smallest absolute Gasteiger partial charge is 0.107 e. The first kappa shape index (κ1) is 19.3. The summed E-state index contributed by atoms with van der Waals surface area (Å²) in [5, 5.41) is -0.539. The Bertz CT molecular complexity index is 355. The van der Waals surface area contributed by atoms with E-state index in [4.69, 9.17) is 0 Å². The lowest BCUT2D eigenvalue weighted by Gasteiger charge is -2.40. The molecule has 5 heteroatoms. The first-order valence-electron chi connectivity index (χ1n) is 7.19. The lowest BCUT2D eigenvalue weighted by Crippen LogP contribution is -2.49. The summed E-state index contributed by atoms with van der Waals surface area (Å²) in [6.45, 7) is 16.0. The van der Waals surface area contributed by atoms with Crippen molar-refractivity contribution in [2.45, 2.75) is 71.8 Å². The minimum absolute atomic E-state index is 0.343. The Morgan fingerprint density at radius 2 is 1.53 bits per heavy atom. The molecule has 0 bridgehead atoms. The van der Waals surface area contributed by atoms with Gasteiger partial charge in [-0.2, -0.15) is 0 Å². The van der Waals surface area contributed by atoms with Gasteiger partial charge in [-0.05, 0) is 52.4 Å². The largest absolute Gasteiger partial charge is 0.322 e. The molecule has 0 heterocycles. The number of hydrogen-bond donors (Lipinski definition) is 1. The monoisotopic (exact) mass is 309 g/mol. The van der Waals surface area contributed by atoms with Gasteiger partial charge < -0.3 is 4.57 Å². The van der Waals surface area contributed by atoms with Crippen molar-refractivity contribution in [1.29, 1.82) is 0 Å². The fraction of sp³-hybridized carbons (Fsp3) is 1.00. The molecule has 0 aliphatic heterocycles. The van der Waals surface area contributed by atoms with Crippen molar-refractivity contribution in [2.75, 3.05) is 12.3 Å². The van der Waals surface area contributed by atoms with Gasteiger partial charge >= 0.3 is 0 Å². The van der Waals surface area contributed by atoms with Gasteiger partial charge in [0.2, 0.25) is 0 Å². The highest BCUT2D eigenvalue weighted by atomic mass is 32.2. The topological polar surface area (TPSA) is 46.2 Å². The summed E-state index contributed by atoms with van der Waals surface area (Å²) in [6, 6.07) is 0. The number of hydrogen-bond acceptors (Lipinski definition) is 2. The highest BCUT2D eigenvalue weighted by Crippen LogP contribution is 2.58. The van der Waals surface area contributed by atoms with Crippen molar-refractivity contribution < 1.29 is 8.77 Å². The van der Waals surface area contributed by atoms with E-state index in [1.54, 1.807) is 0 Å². The highest BCUT2D eigenvalue weighted by Gasteiger charge is 2.44. The van der Waals surface area contributed by atoms with Crippen molar-refractivity contribution in [3.8, 4) is 0 Å². The molecule has 1 N–H and O–H groups in total. The van der Waals surface area contributed by atoms with Crippen LogP contribution in [0.3, 0.4) is 0 Å². The summed E-state index contributed by atoms with van der Waals surface area (Å²) in [7, 11) is -3.58. The first-order chi connectivity index (χ1) is 8.42. The van der Waals surface area contributed by atoms with E-state index in [0.29, 0.717) is 18.2 Å². The molecule has 0 rings (SSSR count). The molecule has 19 heavy (non-hydrogen) atoms. The van der Waals surface area contributed by atoms with Crippen LogP contribution in [0.15, 0.2) is 0 Å². The average Bonchev–Trinajstić information content (AvgIpc) is 2.25. The van der Waals surface area contributed by atoms with Gasteiger partial charge in [-0.3, -0.25) is 0 Å². The molecule has 0 saturated heterocycles. The van der Waals surface area contributed by atoms with E-state index in [9.17, 15) is 8.77 Å². The van der Waals surface area contributed by atoms with E-state index in [0.717, 1.165) is 6.42 Å². The van der Waals surface area contributed by atoms with E-state index in [1.807, 2.05) is 41.5 Å². The van der Waals surface area contributed by atoms with Crippen LogP contribution in [-0.4, -0.2) is 26.6 Å². The van der Waals surface area contributed by atoms with Crippen LogP contribution < -0.4 is 4.72 Å². The molecule has 0 aromatic carbocycles. The molecule has 0 amide bonds. The van der Waals surface area contributed by atoms with Crippen molar-refractivity contribution in [3.63, 3.8) is 0 Å². The van der Waals surface area contributed by atoms with Gasteiger partial charge in [0.15, 0.2) is 0 Å². The van der Waals surface area contributed by atoms with Crippen LogP contribution in [-0.2, 0) is 15.6 Å². The normalized spacial score (nSPS) is 18.4. The fourth-order valence-electron chi connectivity index (χ4n) is 2.36. The zero-order chi connectivity index (χ0) is 15.5. The average molecular weight is 309 g/mol. The van der Waals surface area contributed by atoms with E-state index >= 15 is 0 Å². The van der Waals surface area contributed by atoms with Crippen LogP contribution in [0.5, 0.6) is 0 Å². The van der Waals surface area contributed by atoms with Gasteiger partial charge in [-0.1, -0.05) is 27.7 Å². The lowest BCUT2D eigenvalue weighted by molar-refractivity contribution is 0.423. The van der Waals surface area contributed by atoms with Gasteiger partial charge in [0.05, 0.1) is 21.0 Å². The minimum atomic E-state index is -2.38. The van der Waals surface area contributed by atoms with Crippen LogP contribution in [0.25, 0.3) is 0 Å². The molecule has 3 nitrogen and oxygen atoms in total. The molecule has 0 fully saturated rings. The lowest BCUT2D eigenvalue weighted by atomic mass is 10.1. The summed E-state index contributed by atoms with van der Waals surface area (Å²) in [4.78, 5) is 0. The van der Waals surface area contributed by atoms with Crippen LogP contribution >= 0.6 is 7.14 Å². The third kappa shape index (κ3) is 4.99. The second-order valence-corrected chi connectivity index (χ2v) is 12.9. The minimum Gasteiger partial charge on any atom is -0.322 e. The van der Waals surface area contributed by atoms with Crippen LogP contribution in [0.1, 0.15) is 61.8 Å². The molecule has 0 aliphatic rings. The SMILES string of the molecule is CCP(=O)(CC)[C@@](C)(CC(C)C)N[S@@](=O)C(C)(C)C. The van der Waals surface area contributed by atoms with Gasteiger partial charge in [-0.15, -0.1) is 0 Å². The van der Waals surface area contributed by atoms with Gasteiger partial charge in [-0.25, -0.2) is 8.93 Å². The molecule has 0 saturated carbocycles. The maximum absolute atomic E-state index is 13.2. The first-order valence-corrected chi connectivity index (χ1v) is 10.4. The molecule has 0 unspecified atom stereocenters. The Morgan fingerprint density at radius 3 is 1.79 bits per heavy atom. The number of rotatable bonds is 7. The highest BCUT2D eigenvalue weighted by molar-refractivity contribution is 7.85. The number of nitrogens with one attached hydrogen (secondary N) is 1. The summed E-state index contributed by atoms with van der Waals surface area (Å²) in [6.07, 6.45) is 2.09. The van der Waals surface area contributed by atoms with Crippen LogP contribution in [0.2, 0.25) is 0 Å². The molecule has 0 radical (unpaired) electrons. The Balaban J connectivity index is 5.43. The maximum Gasteiger partial charge on any atom is 0.107 e. The van der Waals surface area contributed by atoms with Crippen molar-refractivity contribution >= 4 is 18.1 Å². The molecule has 0 spiro atoms. The predicted molar refractivity (Wildman–Crippen MR) is 87.6 cm³/mol. The molecule has 0 aliphatic carbocycles. The Labute approximate surface area is 122 Å². The zero-order valence-corrected chi connectivity index (χ0v) is 15.6. The van der Waals surface area contributed by atoms with Crippen molar-refractivity contribution in [1.82, 2.24) is 4.72 Å². The molecular formula is C14H32NO2PS. The van der Waals surface area contributed by atoms with Gasteiger partial charge in [0.1, 0.15) is 7.14 Å². The molecular weight excluding hydrogens is 277 g/mol. The Kier molecular flexibility index (Phi) is 6.99. The Morgan fingerprint density at radius 1 is 1.11 bits per heavy atom. The molecule has 0 aromatic heterocycles. The summed E-state index contributed by atoms with van der Waals surface area (Å²) < 4.78 is 28.5.